The minimum Gasteiger partial charge on any atom is -0.484 e. The Morgan fingerprint density at radius 3 is 1.35 bits per heavy atom. The van der Waals surface area contributed by atoms with Gasteiger partial charge in [0.2, 0.25) is 0 Å². The highest BCUT2D eigenvalue weighted by molar-refractivity contribution is 5.78. The van der Waals surface area contributed by atoms with E-state index in [0.717, 1.165) is 0 Å². The lowest BCUT2D eigenvalue weighted by atomic mass is 10.0. The van der Waals surface area contributed by atoms with Crippen molar-refractivity contribution in [1.82, 2.24) is 10.6 Å². The van der Waals surface area contributed by atoms with E-state index in [2.05, 4.69) is 38.3 Å². The fourth-order valence-corrected chi connectivity index (χ4v) is 2.84. The molecule has 0 fully saturated rings. The maximum Gasteiger partial charge on any atom is 0.257 e. The minimum absolute atomic E-state index is 0.0309. The average molecular weight is 427 g/mol. The van der Waals surface area contributed by atoms with Gasteiger partial charge in [0.15, 0.2) is 13.2 Å². The molecule has 0 radical (unpaired) electrons. The van der Waals surface area contributed by atoms with Crippen LogP contribution in [0.4, 0.5) is 0 Å². The van der Waals surface area contributed by atoms with Gasteiger partial charge in [-0.25, -0.2) is 0 Å². The number of amides is 2. The normalized spacial score (nSPS) is 10.8. The molecular formula is C25H34N2O4. The fraction of sp³-hybridized carbons (Fsp3) is 0.440. The first kappa shape index (κ1) is 24.3. The summed E-state index contributed by atoms with van der Waals surface area (Å²) in [6, 6.07) is 15.5. The maximum absolute atomic E-state index is 11.9. The van der Waals surface area contributed by atoms with Gasteiger partial charge in [-0.2, -0.15) is 0 Å². The molecule has 31 heavy (non-hydrogen) atoms. The molecule has 2 amide bonds. The van der Waals surface area contributed by atoms with Crippen molar-refractivity contribution in [3.05, 3.63) is 59.7 Å². The third-order valence-electron chi connectivity index (χ3n) is 4.83. The smallest absolute Gasteiger partial charge is 0.257 e. The van der Waals surface area contributed by atoms with Gasteiger partial charge in [-0.1, -0.05) is 52.0 Å². The van der Waals surface area contributed by atoms with Crippen LogP contribution in [0.25, 0.3) is 0 Å². The molecule has 2 rings (SSSR count). The van der Waals surface area contributed by atoms with E-state index in [-0.39, 0.29) is 25.0 Å². The Labute approximate surface area is 185 Å². The van der Waals surface area contributed by atoms with Gasteiger partial charge in [-0.15, -0.1) is 0 Å². The van der Waals surface area contributed by atoms with E-state index in [0.29, 0.717) is 42.8 Å². The van der Waals surface area contributed by atoms with Crippen molar-refractivity contribution in [2.75, 3.05) is 26.3 Å². The van der Waals surface area contributed by atoms with E-state index in [1.165, 1.54) is 11.1 Å². The van der Waals surface area contributed by atoms with E-state index in [4.69, 9.17) is 9.47 Å². The Hall–Kier alpha value is -3.02. The summed E-state index contributed by atoms with van der Waals surface area (Å²) in [6.07, 6.45) is 0.629. The molecular weight excluding hydrogens is 392 g/mol. The predicted molar refractivity (Wildman–Crippen MR) is 123 cm³/mol. The second-order valence-corrected chi connectivity index (χ2v) is 8.08. The van der Waals surface area contributed by atoms with Crippen LogP contribution in [0.2, 0.25) is 0 Å². The number of carbonyl (C=O) groups is 2. The Balaban J connectivity index is 1.53. The molecule has 0 aliphatic carbocycles. The average Bonchev–Trinajstić information content (AvgIpc) is 2.76. The summed E-state index contributed by atoms with van der Waals surface area (Å²) in [7, 11) is 0. The van der Waals surface area contributed by atoms with Crippen LogP contribution in [-0.4, -0.2) is 38.1 Å². The molecule has 6 nitrogen and oxygen atoms in total. The zero-order valence-corrected chi connectivity index (χ0v) is 18.9. The molecule has 0 saturated heterocycles. The SMILES string of the molecule is CC(C)c1ccc(OCC(=O)NCCCNC(=O)COc2ccc(C(C)C)cc2)cc1. The van der Waals surface area contributed by atoms with E-state index in [9.17, 15) is 9.59 Å². The van der Waals surface area contributed by atoms with E-state index in [1.807, 2.05) is 48.5 Å². The van der Waals surface area contributed by atoms with Gasteiger partial charge in [-0.05, 0) is 53.6 Å². The van der Waals surface area contributed by atoms with Crippen molar-refractivity contribution >= 4 is 11.8 Å². The Bertz CT molecular complexity index is 745. The van der Waals surface area contributed by atoms with E-state index >= 15 is 0 Å². The van der Waals surface area contributed by atoms with Gasteiger partial charge in [0, 0.05) is 13.1 Å². The monoisotopic (exact) mass is 426 g/mol. The second kappa shape index (κ2) is 12.6. The molecule has 2 N–H and O–H groups in total. The third kappa shape index (κ3) is 9.11. The third-order valence-corrected chi connectivity index (χ3v) is 4.83. The molecule has 0 spiro atoms. The van der Waals surface area contributed by atoms with Crippen LogP contribution in [0.1, 0.15) is 57.1 Å². The van der Waals surface area contributed by atoms with Crippen LogP contribution >= 0.6 is 0 Å². The highest BCUT2D eigenvalue weighted by Crippen LogP contribution is 2.19. The highest BCUT2D eigenvalue weighted by Gasteiger charge is 2.06. The molecule has 0 aliphatic heterocycles. The molecule has 2 aromatic carbocycles. The predicted octanol–water partition coefficient (Wildman–Crippen LogP) is 4.01. The number of benzene rings is 2. The van der Waals surface area contributed by atoms with Crippen LogP contribution in [0.15, 0.2) is 48.5 Å². The lowest BCUT2D eigenvalue weighted by Crippen LogP contribution is -2.34. The van der Waals surface area contributed by atoms with Crippen LogP contribution in [0, 0.1) is 0 Å². The summed E-state index contributed by atoms with van der Waals surface area (Å²) in [5, 5.41) is 5.56. The zero-order chi connectivity index (χ0) is 22.6. The summed E-state index contributed by atoms with van der Waals surface area (Å²) in [6.45, 7) is 9.38. The number of hydrogen-bond acceptors (Lipinski definition) is 4. The van der Waals surface area contributed by atoms with Crippen LogP contribution in [-0.2, 0) is 9.59 Å². The molecule has 168 valence electrons. The van der Waals surface area contributed by atoms with Crippen molar-refractivity contribution in [3.63, 3.8) is 0 Å². The molecule has 0 aromatic heterocycles. The first-order valence-electron chi connectivity index (χ1n) is 10.8. The number of nitrogens with one attached hydrogen (secondary N) is 2. The molecule has 0 unspecified atom stereocenters. The topological polar surface area (TPSA) is 76.7 Å². The van der Waals surface area contributed by atoms with Crippen molar-refractivity contribution < 1.29 is 19.1 Å². The lowest BCUT2D eigenvalue weighted by molar-refractivity contribution is -0.123. The van der Waals surface area contributed by atoms with Crippen LogP contribution in [0.5, 0.6) is 11.5 Å². The first-order valence-corrected chi connectivity index (χ1v) is 10.8. The number of ether oxygens (including phenoxy) is 2. The summed E-state index contributed by atoms with van der Waals surface area (Å²) >= 11 is 0. The van der Waals surface area contributed by atoms with E-state index < -0.39 is 0 Å². The number of rotatable bonds is 12. The minimum atomic E-state index is -0.188. The van der Waals surface area contributed by atoms with Gasteiger partial charge in [0.1, 0.15) is 11.5 Å². The Morgan fingerprint density at radius 2 is 1.03 bits per heavy atom. The molecule has 0 bridgehead atoms. The quantitative estimate of drug-likeness (QED) is 0.503. The van der Waals surface area contributed by atoms with Crippen molar-refractivity contribution in [1.29, 1.82) is 0 Å². The summed E-state index contributed by atoms with van der Waals surface area (Å²) in [5.74, 6) is 1.89. The number of carbonyl (C=O) groups excluding carboxylic acids is 2. The standard InChI is InChI=1S/C25H34N2O4/c1-18(2)20-6-10-22(11-7-20)30-16-24(28)26-14-5-15-27-25(29)17-31-23-12-8-21(9-13-23)19(3)4/h6-13,18-19H,5,14-17H2,1-4H3,(H,26,28)(H,27,29). The van der Waals surface area contributed by atoms with Gasteiger partial charge >= 0.3 is 0 Å². The Kier molecular flexibility index (Phi) is 9.88. The van der Waals surface area contributed by atoms with Gasteiger partial charge in [-0.3, -0.25) is 9.59 Å². The molecule has 0 heterocycles. The summed E-state index contributed by atoms with van der Waals surface area (Å²) in [4.78, 5) is 23.7. The van der Waals surface area contributed by atoms with E-state index in [1.54, 1.807) is 0 Å². The summed E-state index contributed by atoms with van der Waals surface area (Å²) < 4.78 is 11.0. The second-order valence-electron chi connectivity index (χ2n) is 8.08. The van der Waals surface area contributed by atoms with Crippen molar-refractivity contribution in [2.45, 2.75) is 46.0 Å². The molecule has 0 saturated carbocycles. The van der Waals surface area contributed by atoms with Crippen molar-refractivity contribution in [3.8, 4) is 11.5 Å². The Morgan fingerprint density at radius 1 is 0.677 bits per heavy atom. The van der Waals surface area contributed by atoms with Gasteiger partial charge in [0.05, 0.1) is 0 Å². The highest BCUT2D eigenvalue weighted by atomic mass is 16.5. The number of hydrogen-bond donors (Lipinski definition) is 2. The lowest BCUT2D eigenvalue weighted by Gasteiger charge is -2.10. The molecule has 0 aliphatic rings. The fourth-order valence-electron chi connectivity index (χ4n) is 2.84. The zero-order valence-electron chi connectivity index (χ0n) is 18.9. The molecule has 0 atom stereocenters. The van der Waals surface area contributed by atoms with Crippen LogP contribution in [0.3, 0.4) is 0 Å². The van der Waals surface area contributed by atoms with Gasteiger partial charge < -0.3 is 20.1 Å². The first-order chi connectivity index (χ1) is 14.8. The van der Waals surface area contributed by atoms with Crippen molar-refractivity contribution in [2.24, 2.45) is 0 Å². The maximum atomic E-state index is 11.9. The largest absolute Gasteiger partial charge is 0.484 e. The molecule has 6 heteroatoms. The van der Waals surface area contributed by atoms with Crippen LogP contribution < -0.4 is 20.1 Å². The van der Waals surface area contributed by atoms with Gasteiger partial charge in [0.25, 0.3) is 11.8 Å². The molecule has 2 aromatic rings. The summed E-state index contributed by atoms with van der Waals surface area (Å²) in [5.41, 5.74) is 2.46.